The van der Waals surface area contributed by atoms with Gasteiger partial charge in [-0.1, -0.05) is 26.2 Å². The lowest BCUT2D eigenvalue weighted by Gasteiger charge is -2.09. The van der Waals surface area contributed by atoms with Crippen molar-refractivity contribution in [3.8, 4) is 5.75 Å². The van der Waals surface area contributed by atoms with Gasteiger partial charge in [-0.05, 0) is 18.6 Å². The first kappa shape index (κ1) is 19.5. The molecule has 0 saturated heterocycles. The summed E-state index contributed by atoms with van der Waals surface area (Å²) in [6, 6.07) is 4.18. The number of carboxylic acids is 1. The van der Waals surface area contributed by atoms with Gasteiger partial charge in [0.25, 0.3) is 5.91 Å². The van der Waals surface area contributed by atoms with E-state index in [9.17, 15) is 19.5 Å². The third-order valence-corrected chi connectivity index (χ3v) is 3.41. The molecular weight excluding hydrogens is 312 g/mol. The number of hydrogen-bond acceptors (Lipinski definition) is 4. The summed E-state index contributed by atoms with van der Waals surface area (Å²) in [7, 11) is 0. The Bertz CT molecular complexity index is 586. The Hall–Kier alpha value is -2.57. The van der Waals surface area contributed by atoms with Crippen molar-refractivity contribution in [1.82, 2.24) is 5.32 Å². The zero-order valence-electron chi connectivity index (χ0n) is 13.8. The molecule has 1 aromatic carbocycles. The van der Waals surface area contributed by atoms with Crippen LogP contribution in [0.1, 0.15) is 55.8 Å². The number of carbonyl (C=O) groups is 3. The number of carbonyl (C=O) groups excluding carboxylic acids is 2. The summed E-state index contributed by atoms with van der Waals surface area (Å²) in [4.78, 5) is 33.9. The van der Waals surface area contributed by atoms with Gasteiger partial charge < -0.3 is 20.8 Å². The van der Waals surface area contributed by atoms with E-state index in [4.69, 9.17) is 5.11 Å². The van der Waals surface area contributed by atoms with Crippen molar-refractivity contribution < 1.29 is 24.6 Å². The molecule has 0 aliphatic carbocycles. The van der Waals surface area contributed by atoms with Crippen molar-refractivity contribution >= 4 is 23.5 Å². The molecule has 0 saturated carbocycles. The number of carboxylic acid groups (broad SMARTS) is 1. The fourth-order valence-corrected chi connectivity index (χ4v) is 2.09. The average Bonchev–Trinajstić information content (AvgIpc) is 2.52. The van der Waals surface area contributed by atoms with Crippen LogP contribution in [-0.4, -0.2) is 34.5 Å². The number of hydrogen-bond donors (Lipinski definition) is 4. The quantitative estimate of drug-likeness (QED) is 0.490. The smallest absolute Gasteiger partial charge is 0.303 e. The Morgan fingerprint density at radius 3 is 2.46 bits per heavy atom. The molecule has 2 amide bonds. The number of phenolic OH excluding ortho intramolecular Hbond substituents is 1. The predicted molar refractivity (Wildman–Crippen MR) is 90.1 cm³/mol. The topological polar surface area (TPSA) is 116 Å². The summed E-state index contributed by atoms with van der Waals surface area (Å²) in [5, 5.41) is 23.7. The molecule has 4 N–H and O–H groups in total. The monoisotopic (exact) mass is 336 g/mol. The van der Waals surface area contributed by atoms with E-state index in [1.165, 1.54) is 18.2 Å². The second-order valence-electron chi connectivity index (χ2n) is 5.49. The third kappa shape index (κ3) is 7.13. The van der Waals surface area contributed by atoms with Crippen LogP contribution in [0.4, 0.5) is 5.69 Å². The van der Waals surface area contributed by atoms with Crippen LogP contribution in [0.25, 0.3) is 0 Å². The maximum absolute atomic E-state index is 12.0. The van der Waals surface area contributed by atoms with Crippen LogP contribution >= 0.6 is 0 Å². The van der Waals surface area contributed by atoms with Gasteiger partial charge in [-0.3, -0.25) is 14.4 Å². The van der Waals surface area contributed by atoms with Crippen LogP contribution in [0, 0.1) is 0 Å². The highest BCUT2D eigenvalue weighted by Crippen LogP contribution is 2.22. The molecule has 0 heterocycles. The van der Waals surface area contributed by atoms with Gasteiger partial charge >= 0.3 is 5.97 Å². The lowest BCUT2D eigenvalue weighted by atomic mass is 10.1. The highest BCUT2D eigenvalue weighted by molar-refractivity contribution is 5.98. The lowest BCUT2D eigenvalue weighted by Crippen LogP contribution is -2.24. The summed E-state index contributed by atoms with van der Waals surface area (Å²) >= 11 is 0. The van der Waals surface area contributed by atoms with Crippen molar-refractivity contribution in [3.05, 3.63) is 23.8 Å². The maximum Gasteiger partial charge on any atom is 0.303 e. The van der Waals surface area contributed by atoms with Gasteiger partial charge in [-0.15, -0.1) is 0 Å². The van der Waals surface area contributed by atoms with Crippen LogP contribution < -0.4 is 10.6 Å². The van der Waals surface area contributed by atoms with E-state index < -0.39 is 11.9 Å². The second-order valence-corrected chi connectivity index (χ2v) is 5.49. The third-order valence-electron chi connectivity index (χ3n) is 3.41. The van der Waals surface area contributed by atoms with Gasteiger partial charge in [0.05, 0.1) is 12.0 Å². The molecule has 0 fully saturated rings. The molecule has 7 heteroatoms. The molecule has 0 atom stereocenters. The highest BCUT2D eigenvalue weighted by Gasteiger charge is 2.12. The van der Waals surface area contributed by atoms with Crippen molar-refractivity contribution in [1.29, 1.82) is 0 Å². The maximum atomic E-state index is 12.0. The number of anilines is 1. The summed E-state index contributed by atoms with van der Waals surface area (Å²) in [6.45, 7) is 2.66. The largest absolute Gasteiger partial charge is 0.507 e. The molecule has 0 aliphatic rings. The van der Waals surface area contributed by atoms with Crippen molar-refractivity contribution in [2.45, 2.75) is 45.4 Å². The van der Waals surface area contributed by atoms with E-state index >= 15 is 0 Å². The standard InChI is InChI=1S/C17H24N2O5/c1-2-3-4-5-10-18-17(24)13-7-6-12(11-14(13)20)19-15(21)8-9-16(22)23/h6-7,11,20H,2-5,8-10H2,1H3,(H,18,24)(H,19,21)(H,22,23). The summed E-state index contributed by atoms with van der Waals surface area (Å²) in [6.07, 6.45) is 3.75. The molecule has 0 unspecified atom stereocenters. The Labute approximate surface area is 141 Å². The number of unbranched alkanes of at least 4 members (excludes halogenated alkanes) is 3. The fraction of sp³-hybridized carbons (Fsp3) is 0.471. The summed E-state index contributed by atoms with van der Waals surface area (Å²) < 4.78 is 0. The molecule has 0 aromatic heterocycles. The Morgan fingerprint density at radius 2 is 1.83 bits per heavy atom. The van der Waals surface area contributed by atoms with Gasteiger partial charge in [-0.25, -0.2) is 0 Å². The predicted octanol–water partition coefficient (Wildman–Crippen LogP) is 2.51. The zero-order valence-corrected chi connectivity index (χ0v) is 13.8. The van der Waals surface area contributed by atoms with Crippen LogP contribution in [0.2, 0.25) is 0 Å². The zero-order chi connectivity index (χ0) is 17.9. The fourth-order valence-electron chi connectivity index (χ4n) is 2.09. The van der Waals surface area contributed by atoms with Crippen molar-refractivity contribution in [2.24, 2.45) is 0 Å². The minimum atomic E-state index is -1.06. The first-order chi connectivity index (χ1) is 11.4. The van der Waals surface area contributed by atoms with Crippen LogP contribution in [-0.2, 0) is 9.59 Å². The molecule has 0 radical (unpaired) electrons. The molecule has 0 spiro atoms. The van der Waals surface area contributed by atoms with Crippen molar-refractivity contribution in [2.75, 3.05) is 11.9 Å². The van der Waals surface area contributed by atoms with Crippen LogP contribution in [0.5, 0.6) is 5.75 Å². The van der Waals surface area contributed by atoms with Gasteiger partial charge in [-0.2, -0.15) is 0 Å². The lowest BCUT2D eigenvalue weighted by molar-refractivity contribution is -0.138. The molecular formula is C17H24N2O5. The van der Waals surface area contributed by atoms with Crippen LogP contribution in [0.15, 0.2) is 18.2 Å². The van der Waals surface area contributed by atoms with E-state index in [1.807, 2.05) is 0 Å². The first-order valence-corrected chi connectivity index (χ1v) is 8.07. The number of phenols is 1. The molecule has 1 aromatic rings. The van der Waals surface area contributed by atoms with Crippen LogP contribution in [0.3, 0.4) is 0 Å². The highest BCUT2D eigenvalue weighted by atomic mass is 16.4. The van der Waals surface area contributed by atoms with Gasteiger partial charge in [0, 0.05) is 24.7 Å². The van der Waals surface area contributed by atoms with Gasteiger partial charge in [0.1, 0.15) is 5.75 Å². The molecule has 0 aliphatic heterocycles. The number of amides is 2. The number of aromatic hydroxyl groups is 1. The summed E-state index contributed by atoms with van der Waals surface area (Å²) in [5.74, 6) is -2.13. The number of rotatable bonds is 10. The second kappa shape index (κ2) is 10.3. The Balaban J connectivity index is 2.52. The first-order valence-electron chi connectivity index (χ1n) is 8.07. The van der Waals surface area contributed by atoms with Crippen molar-refractivity contribution in [3.63, 3.8) is 0 Å². The average molecular weight is 336 g/mol. The molecule has 24 heavy (non-hydrogen) atoms. The summed E-state index contributed by atoms with van der Waals surface area (Å²) in [5.41, 5.74) is 0.441. The Kier molecular flexibility index (Phi) is 8.32. The van der Waals surface area contributed by atoms with E-state index in [2.05, 4.69) is 17.6 Å². The Morgan fingerprint density at radius 1 is 1.08 bits per heavy atom. The minimum Gasteiger partial charge on any atom is -0.507 e. The molecule has 7 nitrogen and oxygen atoms in total. The minimum absolute atomic E-state index is 0.133. The number of nitrogens with one attached hydrogen (secondary N) is 2. The number of benzene rings is 1. The molecule has 132 valence electrons. The normalized spacial score (nSPS) is 10.2. The van der Waals surface area contributed by atoms with Gasteiger partial charge in [0.2, 0.25) is 5.91 Å². The molecule has 0 bridgehead atoms. The van der Waals surface area contributed by atoms with Gasteiger partial charge in [0.15, 0.2) is 0 Å². The van der Waals surface area contributed by atoms with E-state index in [0.717, 1.165) is 25.7 Å². The SMILES string of the molecule is CCCCCCNC(=O)c1ccc(NC(=O)CCC(=O)O)cc1O. The van der Waals surface area contributed by atoms with E-state index in [1.54, 1.807) is 0 Å². The number of aliphatic carboxylic acids is 1. The van der Waals surface area contributed by atoms with E-state index in [0.29, 0.717) is 12.2 Å². The van der Waals surface area contributed by atoms with E-state index in [-0.39, 0.29) is 30.1 Å². The molecule has 1 rings (SSSR count).